The lowest BCUT2D eigenvalue weighted by Crippen LogP contribution is -2.56. The van der Waals surface area contributed by atoms with Gasteiger partial charge in [-0.1, -0.05) is 64.3 Å². The lowest BCUT2D eigenvalue weighted by Gasteiger charge is -2.29. The Labute approximate surface area is 290 Å². The SMILES string of the molecule is CCCC(CCC)S(=O)(=O)CC(NC(=O)OC1CCCCC1)C(=O)N[C@@H](CCc1cc(F)cc(F)c1)[C@H](O)CNCc1cccc(CC)c1. The van der Waals surface area contributed by atoms with E-state index in [0.29, 0.717) is 50.6 Å². The van der Waals surface area contributed by atoms with Crippen LogP contribution in [0.3, 0.4) is 0 Å². The molecule has 0 heterocycles. The fourth-order valence-corrected chi connectivity index (χ4v) is 8.56. The molecule has 2 aromatic rings. The third-order valence-corrected chi connectivity index (χ3v) is 11.4. The number of carbonyl (C=O) groups excluding carboxylic acids is 2. The molecule has 2 aromatic carbocycles. The second kappa shape index (κ2) is 20.6. The summed E-state index contributed by atoms with van der Waals surface area (Å²) >= 11 is 0. The van der Waals surface area contributed by atoms with Crippen LogP contribution >= 0.6 is 0 Å². The van der Waals surface area contributed by atoms with Crippen LogP contribution in [-0.2, 0) is 38.8 Å². The molecule has 9 nitrogen and oxygen atoms in total. The van der Waals surface area contributed by atoms with E-state index in [1.54, 1.807) is 0 Å². The average molecular weight is 708 g/mol. The van der Waals surface area contributed by atoms with Gasteiger partial charge in [-0.15, -0.1) is 0 Å². The lowest BCUT2D eigenvalue weighted by atomic mass is 9.98. The number of ether oxygens (including phenoxy) is 1. The van der Waals surface area contributed by atoms with Crippen LogP contribution in [0.4, 0.5) is 13.6 Å². The highest BCUT2D eigenvalue weighted by atomic mass is 32.2. The molecule has 3 atom stereocenters. The second-order valence-corrected chi connectivity index (χ2v) is 15.5. The summed E-state index contributed by atoms with van der Waals surface area (Å²) in [6, 6.07) is 8.72. The van der Waals surface area contributed by atoms with Crippen LogP contribution < -0.4 is 16.0 Å². The number of benzene rings is 2. The molecule has 1 aliphatic carbocycles. The summed E-state index contributed by atoms with van der Waals surface area (Å²) < 4.78 is 60.7. The highest BCUT2D eigenvalue weighted by Crippen LogP contribution is 2.21. The number of sulfone groups is 1. The lowest BCUT2D eigenvalue weighted by molar-refractivity contribution is -0.124. The summed E-state index contributed by atoms with van der Waals surface area (Å²) in [7, 11) is -3.83. The van der Waals surface area contributed by atoms with Crippen molar-refractivity contribution in [3.05, 3.63) is 70.8 Å². The molecule has 3 rings (SSSR count). The normalized spacial score (nSPS) is 15.8. The summed E-state index contributed by atoms with van der Waals surface area (Å²) in [5.74, 6) is -2.91. The van der Waals surface area contributed by atoms with Crippen LogP contribution in [0.1, 0.15) is 102 Å². The molecule has 49 heavy (non-hydrogen) atoms. The molecular weight excluding hydrogens is 652 g/mol. The molecule has 0 aliphatic heterocycles. The van der Waals surface area contributed by atoms with Gasteiger partial charge >= 0.3 is 6.09 Å². The predicted octanol–water partition coefficient (Wildman–Crippen LogP) is 5.91. The highest BCUT2D eigenvalue weighted by molar-refractivity contribution is 7.92. The van der Waals surface area contributed by atoms with Crippen molar-refractivity contribution in [1.29, 1.82) is 0 Å². The van der Waals surface area contributed by atoms with Gasteiger partial charge in [0.15, 0.2) is 9.84 Å². The third-order valence-electron chi connectivity index (χ3n) is 9.10. The minimum Gasteiger partial charge on any atom is -0.446 e. The minimum absolute atomic E-state index is 0.0635. The first kappa shape index (κ1) is 40.3. The van der Waals surface area contributed by atoms with Crippen molar-refractivity contribution in [2.75, 3.05) is 12.3 Å². The van der Waals surface area contributed by atoms with Gasteiger partial charge in [-0.05, 0) is 86.6 Å². The second-order valence-electron chi connectivity index (χ2n) is 13.2. The van der Waals surface area contributed by atoms with Gasteiger partial charge in [0.1, 0.15) is 23.8 Å². The van der Waals surface area contributed by atoms with Gasteiger partial charge in [-0.3, -0.25) is 4.79 Å². The van der Waals surface area contributed by atoms with Crippen molar-refractivity contribution >= 4 is 21.8 Å². The highest BCUT2D eigenvalue weighted by Gasteiger charge is 2.35. The number of aliphatic hydroxyl groups excluding tert-OH is 1. The zero-order valence-corrected chi connectivity index (χ0v) is 30.0. The summed E-state index contributed by atoms with van der Waals surface area (Å²) in [6.45, 7) is 6.37. The van der Waals surface area contributed by atoms with Gasteiger partial charge in [0.2, 0.25) is 5.91 Å². The first-order valence-electron chi connectivity index (χ1n) is 17.8. The number of halogens is 2. The zero-order valence-electron chi connectivity index (χ0n) is 29.2. The van der Waals surface area contributed by atoms with E-state index in [0.717, 1.165) is 37.3 Å². The Bertz CT molecular complexity index is 1410. The quantitative estimate of drug-likeness (QED) is 0.135. The van der Waals surface area contributed by atoms with E-state index >= 15 is 0 Å². The largest absolute Gasteiger partial charge is 0.446 e. The van der Waals surface area contributed by atoms with E-state index in [9.17, 15) is 31.9 Å². The standard InChI is InChI=1S/C37H55F2N3O6S/c1-4-11-32(12-5-2)49(46,47)25-34(42-37(45)48-31-15-8-7-9-16-31)36(44)41-33(18-17-27-20-29(38)22-30(39)21-27)35(43)24-40-23-28-14-10-13-26(6-3)19-28/h10,13-14,19-22,31-35,40,43H,4-9,11-12,15-18,23-25H2,1-3H3,(H,41,44)(H,42,45)/t33-,34?,35+/m0/s1. The number of aliphatic hydroxyl groups is 1. The van der Waals surface area contributed by atoms with E-state index in [1.807, 2.05) is 32.0 Å². The smallest absolute Gasteiger partial charge is 0.408 e. The third kappa shape index (κ3) is 14.0. The van der Waals surface area contributed by atoms with Crippen molar-refractivity contribution in [2.45, 2.75) is 134 Å². The average Bonchev–Trinajstić information content (AvgIpc) is 3.06. The fourth-order valence-electron chi connectivity index (χ4n) is 6.40. The number of hydrogen-bond donors (Lipinski definition) is 4. The van der Waals surface area contributed by atoms with Crippen LogP contribution in [0.2, 0.25) is 0 Å². The molecule has 12 heteroatoms. The molecule has 0 radical (unpaired) electrons. The summed E-state index contributed by atoms with van der Waals surface area (Å²) in [5, 5.41) is 19.1. The van der Waals surface area contributed by atoms with Crippen molar-refractivity contribution < 1.29 is 36.6 Å². The Morgan fingerprint density at radius 3 is 2.18 bits per heavy atom. The molecule has 0 spiro atoms. The van der Waals surface area contributed by atoms with Gasteiger partial charge in [0, 0.05) is 19.2 Å². The van der Waals surface area contributed by atoms with Crippen molar-refractivity contribution in [3.63, 3.8) is 0 Å². The Morgan fingerprint density at radius 2 is 1.55 bits per heavy atom. The zero-order chi connectivity index (χ0) is 35.8. The van der Waals surface area contributed by atoms with Crippen LogP contribution in [0.15, 0.2) is 42.5 Å². The molecule has 274 valence electrons. The number of carbonyl (C=O) groups is 2. The molecule has 0 aromatic heterocycles. The molecule has 1 unspecified atom stereocenters. The van der Waals surface area contributed by atoms with Crippen LogP contribution in [-0.4, -0.2) is 67.4 Å². The Balaban J connectivity index is 1.81. The Kier molecular flexibility index (Phi) is 16.9. The first-order valence-corrected chi connectivity index (χ1v) is 19.6. The monoisotopic (exact) mass is 707 g/mol. The van der Waals surface area contributed by atoms with Crippen LogP contribution in [0.5, 0.6) is 0 Å². The van der Waals surface area contributed by atoms with E-state index in [4.69, 9.17) is 4.74 Å². The number of hydrogen-bond acceptors (Lipinski definition) is 7. The minimum atomic E-state index is -3.83. The Morgan fingerprint density at radius 1 is 0.898 bits per heavy atom. The van der Waals surface area contributed by atoms with Gasteiger partial charge in [-0.25, -0.2) is 22.0 Å². The van der Waals surface area contributed by atoms with Crippen molar-refractivity contribution in [3.8, 4) is 0 Å². The molecule has 1 saturated carbocycles. The molecule has 1 fully saturated rings. The first-order chi connectivity index (χ1) is 23.4. The van der Waals surface area contributed by atoms with E-state index in [-0.39, 0.29) is 25.5 Å². The Hall–Kier alpha value is -3.09. The van der Waals surface area contributed by atoms with Gasteiger partial charge < -0.3 is 25.8 Å². The topological polar surface area (TPSA) is 134 Å². The van der Waals surface area contributed by atoms with Crippen LogP contribution in [0.25, 0.3) is 0 Å². The molecule has 4 N–H and O–H groups in total. The molecule has 1 aliphatic rings. The van der Waals surface area contributed by atoms with Crippen molar-refractivity contribution in [2.24, 2.45) is 0 Å². The molecular formula is C37H55F2N3O6S. The number of nitrogens with one attached hydrogen (secondary N) is 3. The van der Waals surface area contributed by atoms with E-state index in [1.165, 1.54) is 17.7 Å². The van der Waals surface area contributed by atoms with Gasteiger partial charge in [0.25, 0.3) is 0 Å². The number of amides is 2. The summed E-state index contributed by atoms with van der Waals surface area (Å²) in [6.07, 6.45) is 5.15. The van der Waals surface area contributed by atoms with Gasteiger partial charge in [0.05, 0.1) is 23.1 Å². The maximum Gasteiger partial charge on any atom is 0.408 e. The number of alkyl carbamates (subject to hydrolysis) is 1. The summed E-state index contributed by atoms with van der Waals surface area (Å²) in [5.41, 5.74) is 2.52. The van der Waals surface area contributed by atoms with Crippen LogP contribution in [0, 0.1) is 11.6 Å². The fraction of sp³-hybridized carbons (Fsp3) is 0.622. The number of rotatable bonds is 20. The van der Waals surface area contributed by atoms with Gasteiger partial charge in [-0.2, -0.15) is 0 Å². The maximum atomic E-state index is 14.0. The summed E-state index contributed by atoms with van der Waals surface area (Å²) in [4.78, 5) is 26.9. The predicted molar refractivity (Wildman–Crippen MR) is 188 cm³/mol. The molecule has 0 bridgehead atoms. The molecule has 0 saturated heterocycles. The maximum absolute atomic E-state index is 14.0. The van der Waals surface area contributed by atoms with E-state index in [2.05, 4.69) is 28.9 Å². The van der Waals surface area contributed by atoms with E-state index < -0.39 is 62.7 Å². The van der Waals surface area contributed by atoms with Crippen molar-refractivity contribution in [1.82, 2.24) is 16.0 Å². The molecule has 2 amide bonds. The number of aryl methyl sites for hydroxylation is 2.